The SMILES string of the molecule is Cc1cccc(NS(=O)(=O)c2cc(C(=O)N[C@H](C)c3ccc(F)cc3)ccc2C)c1. The van der Waals surface area contributed by atoms with Crippen molar-refractivity contribution in [1.29, 1.82) is 0 Å². The van der Waals surface area contributed by atoms with Crippen LogP contribution in [0.3, 0.4) is 0 Å². The molecule has 0 bridgehead atoms. The lowest BCUT2D eigenvalue weighted by molar-refractivity contribution is 0.0939. The zero-order chi connectivity index (χ0) is 21.9. The largest absolute Gasteiger partial charge is 0.346 e. The molecule has 156 valence electrons. The number of rotatable bonds is 6. The van der Waals surface area contributed by atoms with Gasteiger partial charge >= 0.3 is 0 Å². The van der Waals surface area contributed by atoms with Gasteiger partial charge in [0.1, 0.15) is 5.82 Å². The minimum absolute atomic E-state index is 0.0334. The maximum atomic E-state index is 13.1. The lowest BCUT2D eigenvalue weighted by atomic mass is 10.1. The van der Waals surface area contributed by atoms with E-state index in [1.165, 1.54) is 18.2 Å². The molecule has 0 aliphatic heterocycles. The predicted molar refractivity (Wildman–Crippen MR) is 115 cm³/mol. The van der Waals surface area contributed by atoms with Gasteiger partial charge in [0.15, 0.2) is 0 Å². The van der Waals surface area contributed by atoms with Gasteiger partial charge in [-0.15, -0.1) is 0 Å². The first-order valence-corrected chi connectivity index (χ1v) is 10.9. The number of halogens is 1. The van der Waals surface area contributed by atoms with Crippen LogP contribution in [0.4, 0.5) is 10.1 Å². The van der Waals surface area contributed by atoms with Crippen LogP contribution in [0.15, 0.2) is 71.6 Å². The second kappa shape index (κ2) is 8.67. The molecule has 5 nitrogen and oxygen atoms in total. The van der Waals surface area contributed by atoms with Crippen molar-refractivity contribution in [3.63, 3.8) is 0 Å². The third-order valence-corrected chi connectivity index (χ3v) is 6.25. The molecule has 1 amide bonds. The molecule has 0 aliphatic carbocycles. The van der Waals surface area contributed by atoms with Crippen molar-refractivity contribution in [2.45, 2.75) is 31.7 Å². The van der Waals surface area contributed by atoms with Gasteiger partial charge in [-0.1, -0.05) is 30.3 Å². The summed E-state index contributed by atoms with van der Waals surface area (Å²) in [4.78, 5) is 12.7. The molecule has 7 heteroatoms. The van der Waals surface area contributed by atoms with Crippen molar-refractivity contribution < 1.29 is 17.6 Å². The summed E-state index contributed by atoms with van der Waals surface area (Å²) in [6, 6.07) is 17.0. The molecule has 30 heavy (non-hydrogen) atoms. The summed E-state index contributed by atoms with van der Waals surface area (Å²) in [7, 11) is -3.87. The molecule has 0 heterocycles. The topological polar surface area (TPSA) is 75.3 Å². The Bertz CT molecular complexity index is 1180. The van der Waals surface area contributed by atoms with E-state index >= 15 is 0 Å². The number of benzene rings is 3. The summed E-state index contributed by atoms with van der Waals surface area (Å²) in [5.41, 5.74) is 2.87. The van der Waals surface area contributed by atoms with E-state index < -0.39 is 15.9 Å². The minimum atomic E-state index is -3.87. The van der Waals surface area contributed by atoms with Crippen LogP contribution >= 0.6 is 0 Å². The number of amides is 1. The molecule has 0 aromatic heterocycles. The fraction of sp³-hybridized carbons (Fsp3) is 0.174. The average Bonchev–Trinajstić information content (AvgIpc) is 2.68. The van der Waals surface area contributed by atoms with Gasteiger partial charge in [-0.2, -0.15) is 0 Å². The molecule has 1 atom stereocenters. The van der Waals surface area contributed by atoms with Crippen molar-refractivity contribution in [2.75, 3.05) is 4.72 Å². The van der Waals surface area contributed by atoms with E-state index in [9.17, 15) is 17.6 Å². The molecule has 3 aromatic rings. The van der Waals surface area contributed by atoms with Gasteiger partial charge in [0, 0.05) is 11.3 Å². The molecular formula is C23H23FN2O3S. The molecule has 3 rings (SSSR count). The third kappa shape index (κ3) is 5.04. The highest BCUT2D eigenvalue weighted by molar-refractivity contribution is 7.92. The fourth-order valence-corrected chi connectivity index (χ4v) is 4.39. The first-order valence-electron chi connectivity index (χ1n) is 9.42. The molecule has 0 unspecified atom stereocenters. The van der Waals surface area contributed by atoms with Crippen LogP contribution in [0, 0.1) is 19.7 Å². The predicted octanol–water partition coefficient (Wildman–Crippen LogP) is 4.73. The molecule has 0 fully saturated rings. The van der Waals surface area contributed by atoms with Crippen molar-refractivity contribution in [1.82, 2.24) is 5.32 Å². The van der Waals surface area contributed by atoms with Crippen molar-refractivity contribution in [3.05, 3.63) is 94.8 Å². The van der Waals surface area contributed by atoms with Crippen molar-refractivity contribution in [2.24, 2.45) is 0 Å². The van der Waals surface area contributed by atoms with Gasteiger partial charge in [-0.05, 0) is 73.9 Å². The lowest BCUT2D eigenvalue weighted by Crippen LogP contribution is -2.27. The van der Waals surface area contributed by atoms with E-state index in [1.807, 2.05) is 13.0 Å². The van der Waals surface area contributed by atoms with Crippen molar-refractivity contribution in [3.8, 4) is 0 Å². The summed E-state index contributed by atoms with van der Waals surface area (Å²) in [6.45, 7) is 5.32. The van der Waals surface area contributed by atoms with Crippen molar-refractivity contribution >= 4 is 21.6 Å². The third-order valence-electron chi connectivity index (χ3n) is 4.73. The highest BCUT2D eigenvalue weighted by atomic mass is 32.2. The lowest BCUT2D eigenvalue weighted by Gasteiger charge is -2.16. The molecule has 0 aliphatic rings. The van der Waals surface area contributed by atoms with E-state index in [1.54, 1.807) is 56.3 Å². The van der Waals surface area contributed by atoms with Gasteiger partial charge in [0.25, 0.3) is 15.9 Å². The maximum absolute atomic E-state index is 13.1. The zero-order valence-corrected chi connectivity index (χ0v) is 17.8. The second-order valence-corrected chi connectivity index (χ2v) is 8.85. The number of hydrogen-bond acceptors (Lipinski definition) is 3. The second-order valence-electron chi connectivity index (χ2n) is 7.20. The molecule has 0 spiro atoms. The minimum Gasteiger partial charge on any atom is -0.346 e. The molecule has 3 aromatic carbocycles. The van der Waals surface area contributed by atoms with Crippen LogP contribution in [-0.2, 0) is 10.0 Å². The van der Waals surface area contributed by atoms with Crippen LogP contribution in [0.25, 0.3) is 0 Å². The summed E-state index contributed by atoms with van der Waals surface area (Å²) in [6.07, 6.45) is 0. The summed E-state index contributed by atoms with van der Waals surface area (Å²) < 4.78 is 41.5. The van der Waals surface area contributed by atoms with E-state index in [0.717, 1.165) is 11.1 Å². The number of anilines is 1. The Kier molecular flexibility index (Phi) is 6.22. The van der Waals surface area contributed by atoms with Gasteiger partial charge in [0.05, 0.1) is 10.9 Å². The Morgan fingerprint density at radius 3 is 2.33 bits per heavy atom. The smallest absolute Gasteiger partial charge is 0.262 e. The number of hydrogen-bond donors (Lipinski definition) is 2. The monoisotopic (exact) mass is 426 g/mol. The van der Waals surface area contributed by atoms with Gasteiger partial charge in [-0.25, -0.2) is 12.8 Å². The standard InChI is InChI=1S/C23H23FN2O3S/c1-15-5-4-6-21(13-15)26-30(28,29)22-14-19(8-7-16(22)2)23(27)25-17(3)18-9-11-20(24)12-10-18/h4-14,17,26H,1-3H3,(H,25,27)/t17-/m1/s1. The number of aryl methyl sites for hydroxylation is 2. The Morgan fingerprint density at radius 2 is 1.67 bits per heavy atom. The number of carbonyl (C=O) groups excluding carboxylic acids is 1. The quantitative estimate of drug-likeness (QED) is 0.598. The Hall–Kier alpha value is -3.19. The first-order chi connectivity index (χ1) is 14.2. The molecule has 0 saturated heterocycles. The normalized spacial score (nSPS) is 12.3. The molecule has 2 N–H and O–H groups in total. The number of carbonyl (C=O) groups is 1. The average molecular weight is 427 g/mol. The van der Waals surface area contributed by atoms with Gasteiger partial charge in [-0.3, -0.25) is 9.52 Å². The number of sulfonamides is 1. The highest BCUT2D eigenvalue weighted by Gasteiger charge is 2.20. The fourth-order valence-electron chi connectivity index (χ4n) is 3.06. The van der Waals surface area contributed by atoms with E-state index in [2.05, 4.69) is 10.0 Å². The molecular weight excluding hydrogens is 403 g/mol. The first kappa shape index (κ1) is 21.5. The van der Waals surface area contributed by atoms with Crippen LogP contribution in [0.1, 0.15) is 40.0 Å². The Balaban J connectivity index is 1.83. The van der Waals surface area contributed by atoms with Crippen LogP contribution in [0.5, 0.6) is 0 Å². The molecule has 0 saturated carbocycles. The van der Waals surface area contributed by atoms with Crippen LogP contribution in [-0.4, -0.2) is 14.3 Å². The van der Waals surface area contributed by atoms with Gasteiger partial charge < -0.3 is 5.32 Å². The summed E-state index contributed by atoms with van der Waals surface area (Å²) in [5.74, 6) is -0.773. The zero-order valence-electron chi connectivity index (χ0n) is 16.9. The molecule has 0 radical (unpaired) electrons. The maximum Gasteiger partial charge on any atom is 0.262 e. The summed E-state index contributed by atoms with van der Waals surface area (Å²) >= 11 is 0. The van der Waals surface area contributed by atoms with Crippen LogP contribution in [0.2, 0.25) is 0 Å². The Labute approximate surface area is 176 Å². The van der Waals surface area contributed by atoms with E-state index in [-0.39, 0.29) is 22.3 Å². The highest BCUT2D eigenvalue weighted by Crippen LogP contribution is 2.22. The number of nitrogens with one attached hydrogen (secondary N) is 2. The summed E-state index contributed by atoms with van der Waals surface area (Å²) in [5, 5.41) is 2.81. The Morgan fingerprint density at radius 1 is 0.967 bits per heavy atom. The van der Waals surface area contributed by atoms with Gasteiger partial charge in [0.2, 0.25) is 0 Å². The van der Waals surface area contributed by atoms with Crippen LogP contribution < -0.4 is 10.0 Å². The van der Waals surface area contributed by atoms with E-state index in [0.29, 0.717) is 11.3 Å². The van der Waals surface area contributed by atoms with E-state index in [4.69, 9.17) is 0 Å².